The second-order valence-corrected chi connectivity index (χ2v) is 4.98. The number of rotatable bonds is 6. The quantitative estimate of drug-likeness (QED) is 0.673. The molecule has 0 aromatic heterocycles. The van der Waals surface area contributed by atoms with Crippen LogP contribution < -0.4 is 11.1 Å². The summed E-state index contributed by atoms with van der Waals surface area (Å²) in [6.45, 7) is 7.68. The van der Waals surface area contributed by atoms with Crippen molar-refractivity contribution in [1.82, 2.24) is 5.32 Å². The summed E-state index contributed by atoms with van der Waals surface area (Å²) in [6.07, 6.45) is 0.545. The molecule has 5 heteroatoms. The van der Waals surface area contributed by atoms with Crippen LogP contribution in [0, 0.1) is 11.8 Å². The van der Waals surface area contributed by atoms with Crippen molar-refractivity contribution in [3.63, 3.8) is 0 Å². The smallest absolute Gasteiger partial charge is 0.328 e. The van der Waals surface area contributed by atoms with Gasteiger partial charge in [0.05, 0.1) is 13.2 Å². The van der Waals surface area contributed by atoms with Crippen molar-refractivity contribution in [2.75, 3.05) is 7.11 Å². The highest BCUT2D eigenvalue weighted by atomic mass is 16.5. The summed E-state index contributed by atoms with van der Waals surface area (Å²) in [5.41, 5.74) is 5.72. The summed E-state index contributed by atoms with van der Waals surface area (Å²) in [5.74, 6) is -0.416. The summed E-state index contributed by atoms with van der Waals surface area (Å²) in [4.78, 5) is 23.3. The van der Waals surface area contributed by atoms with Crippen molar-refractivity contribution in [2.24, 2.45) is 17.6 Å². The van der Waals surface area contributed by atoms with Gasteiger partial charge in [0.15, 0.2) is 0 Å². The Morgan fingerprint density at radius 1 is 1.24 bits per heavy atom. The number of methoxy groups -OCH3 is 1. The molecule has 0 aliphatic heterocycles. The van der Waals surface area contributed by atoms with Crippen LogP contribution in [-0.4, -0.2) is 31.1 Å². The molecule has 0 saturated heterocycles. The first-order valence-corrected chi connectivity index (χ1v) is 5.93. The Morgan fingerprint density at radius 3 is 2.12 bits per heavy atom. The highest BCUT2D eigenvalue weighted by Crippen LogP contribution is 2.07. The molecule has 0 saturated carbocycles. The Bertz CT molecular complexity index is 264. The number of carbonyl (C=O) groups excluding carboxylic acids is 2. The lowest BCUT2D eigenvalue weighted by atomic mass is 10.0. The van der Waals surface area contributed by atoms with Crippen molar-refractivity contribution in [3.8, 4) is 0 Å². The zero-order chi connectivity index (χ0) is 13.6. The van der Waals surface area contributed by atoms with E-state index in [0.29, 0.717) is 6.42 Å². The molecule has 0 aromatic carbocycles. The molecular weight excluding hydrogens is 220 g/mol. The van der Waals surface area contributed by atoms with Gasteiger partial charge >= 0.3 is 5.97 Å². The van der Waals surface area contributed by atoms with E-state index >= 15 is 0 Å². The summed E-state index contributed by atoms with van der Waals surface area (Å²) in [6, 6.07) is -1.22. The molecule has 0 radical (unpaired) electrons. The lowest BCUT2D eigenvalue weighted by Gasteiger charge is -2.22. The molecule has 0 spiro atoms. The van der Waals surface area contributed by atoms with Gasteiger partial charge < -0.3 is 15.8 Å². The molecule has 2 atom stereocenters. The molecule has 0 aliphatic rings. The SMILES string of the molecule is COC(=O)[C@H](CC(C)C)NC(=O)[C@@H](N)C(C)C. The van der Waals surface area contributed by atoms with Crippen LogP contribution in [0.3, 0.4) is 0 Å². The first kappa shape index (κ1) is 15.9. The summed E-state index contributed by atoms with van der Waals surface area (Å²) < 4.78 is 4.66. The van der Waals surface area contributed by atoms with Gasteiger partial charge in [-0.05, 0) is 18.3 Å². The van der Waals surface area contributed by atoms with Crippen molar-refractivity contribution in [3.05, 3.63) is 0 Å². The van der Waals surface area contributed by atoms with Gasteiger partial charge in [-0.15, -0.1) is 0 Å². The predicted molar refractivity (Wildman–Crippen MR) is 66.2 cm³/mol. The van der Waals surface area contributed by atoms with E-state index in [0.717, 1.165) is 0 Å². The number of nitrogens with two attached hydrogens (primary N) is 1. The third kappa shape index (κ3) is 5.68. The second kappa shape index (κ2) is 7.27. The van der Waals surface area contributed by atoms with Gasteiger partial charge in [0.2, 0.25) is 5.91 Å². The minimum Gasteiger partial charge on any atom is -0.467 e. The van der Waals surface area contributed by atoms with Crippen LogP contribution in [0.4, 0.5) is 0 Å². The third-order valence-electron chi connectivity index (χ3n) is 2.53. The Kier molecular flexibility index (Phi) is 6.80. The molecule has 0 aliphatic carbocycles. The molecule has 100 valence electrons. The van der Waals surface area contributed by atoms with E-state index in [1.54, 1.807) is 0 Å². The maximum atomic E-state index is 11.8. The van der Waals surface area contributed by atoms with Crippen LogP contribution in [0.5, 0.6) is 0 Å². The predicted octanol–water partition coefficient (Wildman–Crippen LogP) is 0.674. The third-order valence-corrected chi connectivity index (χ3v) is 2.53. The highest BCUT2D eigenvalue weighted by Gasteiger charge is 2.26. The minimum atomic E-state index is -0.614. The topological polar surface area (TPSA) is 81.4 Å². The van der Waals surface area contributed by atoms with Gasteiger partial charge in [0.1, 0.15) is 6.04 Å². The van der Waals surface area contributed by atoms with Gasteiger partial charge in [0.25, 0.3) is 0 Å². The zero-order valence-electron chi connectivity index (χ0n) is 11.3. The van der Waals surface area contributed by atoms with Gasteiger partial charge in [-0.3, -0.25) is 4.79 Å². The lowest BCUT2D eigenvalue weighted by molar-refractivity contribution is -0.145. The van der Waals surface area contributed by atoms with Crippen molar-refractivity contribution >= 4 is 11.9 Å². The van der Waals surface area contributed by atoms with Crippen molar-refractivity contribution in [2.45, 2.75) is 46.2 Å². The largest absolute Gasteiger partial charge is 0.467 e. The first-order chi connectivity index (χ1) is 7.79. The molecule has 0 rings (SSSR count). The Hall–Kier alpha value is -1.10. The lowest BCUT2D eigenvalue weighted by Crippen LogP contribution is -2.50. The molecule has 3 N–H and O–H groups in total. The van der Waals surface area contributed by atoms with E-state index in [-0.39, 0.29) is 17.7 Å². The molecule has 1 amide bonds. The van der Waals surface area contributed by atoms with Crippen molar-refractivity contribution < 1.29 is 14.3 Å². The minimum absolute atomic E-state index is 0.0346. The zero-order valence-corrected chi connectivity index (χ0v) is 11.3. The van der Waals surface area contributed by atoms with Crippen LogP contribution in [0.15, 0.2) is 0 Å². The summed E-state index contributed by atoms with van der Waals surface area (Å²) in [7, 11) is 1.31. The first-order valence-electron chi connectivity index (χ1n) is 5.93. The number of hydrogen-bond donors (Lipinski definition) is 2. The van der Waals surface area contributed by atoms with E-state index in [2.05, 4.69) is 10.1 Å². The summed E-state index contributed by atoms with van der Waals surface area (Å²) >= 11 is 0. The van der Waals surface area contributed by atoms with Gasteiger partial charge in [-0.1, -0.05) is 27.7 Å². The van der Waals surface area contributed by atoms with Gasteiger partial charge in [-0.2, -0.15) is 0 Å². The monoisotopic (exact) mass is 244 g/mol. The normalized spacial score (nSPS) is 14.6. The van der Waals surface area contributed by atoms with E-state index < -0.39 is 18.1 Å². The number of esters is 1. The fourth-order valence-electron chi connectivity index (χ4n) is 1.40. The molecular formula is C12H24N2O3. The molecule has 0 bridgehead atoms. The molecule has 0 heterocycles. The van der Waals surface area contributed by atoms with Crippen LogP contribution in [-0.2, 0) is 14.3 Å². The van der Waals surface area contributed by atoms with Crippen LogP contribution in [0.2, 0.25) is 0 Å². The van der Waals surface area contributed by atoms with Crippen LogP contribution >= 0.6 is 0 Å². The van der Waals surface area contributed by atoms with Crippen LogP contribution in [0.1, 0.15) is 34.1 Å². The molecule has 17 heavy (non-hydrogen) atoms. The van der Waals surface area contributed by atoms with Crippen molar-refractivity contribution in [1.29, 1.82) is 0 Å². The fraction of sp³-hybridized carbons (Fsp3) is 0.833. The number of ether oxygens (including phenoxy) is 1. The summed E-state index contributed by atoms with van der Waals surface area (Å²) in [5, 5.41) is 2.64. The molecule has 0 unspecified atom stereocenters. The van der Waals surface area contributed by atoms with E-state index in [1.165, 1.54) is 7.11 Å². The van der Waals surface area contributed by atoms with E-state index in [1.807, 2.05) is 27.7 Å². The maximum absolute atomic E-state index is 11.8. The average Bonchev–Trinajstić information content (AvgIpc) is 2.24. The number of nitrogens with one attached hydrogen (secondary N) is 1. The molecule has 5 nitrogen and oxygen atoms in total. The maximum Gasteiger partial charge on any atom is 0.328 e. The number of carbonyl (C=O) groups is 2. The Balaban J connectivity index is 4.53. The van der Waals surface area contributed by atoms with Gasteiger partial charge in [-0.25, -0.2) is 4.79 Å². The Labute approximate surface area is 103 Å². The Morgan fingerprint density at radius 2 is 1.76 bits per heavy atom. The second-order valence-electron chi connectivity index (χ2n) is 4.98. The van der Waals surface area contributed by atoms with Gasteiger partial charge in [0, 0.05) is 0 Å². The fourth-order valence-corrected chi connectivity index (χ4v) is 1.40. The molecule has 0 aromatic rings. The van der Waals surface area contributed by atoms with E-state index in [4.69, 9.17) is 5.73 Å². The van der Waals surface area contributed by atoms with Crippen LogP contribution in [0.25, 0.3) is 0 Å². The average molecular weight is 244 g/mol. The molecule has 0 fully saturated rings. The number of amides is 1. The standard InChI is InChI=1S/C12H24N2O3/c1-7(2)6-9(12(16)17-5)14-11(15)10(13)8(3)4/h7-10H,6,13H2,1-5H3,(H,14,15)/t9-,10-/m0/s1. The van der Waals surface area contributed by atoms with E-state index in [9.17, 15) is 9.59 Å². The highest BCUT2D eigenvalue weighted by molar-refractivity contribution is 5.87. The number of hydrogen-bond acceptors (Lipinski definition) is 4.